The van der Waals surface area contributed by atoms with Gasteiger partial charge in [-0.05, 0) is 12.1 Å². The summed E-state index contributed by atoms with van der Waals surface area (Å²) in [6, 6.07) is 5.31. The Hall–Kier alpha value is -2.25. The Balaban J connectivity index is 1.66. The molecule has 0 bridgehead atoms. The van der Waals surface area contributed by atoms with Crippen LogP contribution < -0.4 is 10.6 Å². The third-order valence-electron chi connectivity index (χ3n) is 3.28. The maximum Gasteiger partial charge on any atom is 0.239 e. The summed E-state index contributed by atoms with van der Waals surface area (Å²) in [4.78, 5) is 16.4. The van der Waals surface area contributed by atoms with Gasteiger partial charge < -0.3 is 15.4 Å². The van der Waals surface area contributed by atoms with Gasteiger partial charge in [-0.15, -0.1) is 0 Å². The van der Waals surface area contributed by atoms with E-state index in [1.54, 1.807) is 17.1 Å². The number of amides is 1. The van der Waals surface area contributed by atoms with E-state index in [0.717, 1.165) is 11.4 Å². The van der Waals surface area contributed by atoms with Gasteiger partial charge in [-0.25, -0.2) is 9.67 Å². The molecule has 0 saturated carbocycles. The Labute approximate surface area is 122 Å². The Morgan fingerprint density at radius 3 is 3.19 bits per heavy atom. The number of hydrogen-bond acceptors (Lipinski definition) is 5. The van der Waals surface area contributed by atoms with E-state index in [2.05, 4.69) is 20.7 Å². The molecular formula is C14H17N5O2. The quantitative estimate of drug-likeness (QED) is 0.819. The first-order valence-electron chi connectivity index (χ1n) is 6.87. The highest BCUT2D eigenvalue weighted by Gasteiger charge is 2.21. The first kappa shape index (κ1) is 13.7. The summed E-state index contributed by atoms with van der Waals surface area (Å²) in [6.45, 7) is 2.16. The highest BCUT2D eigenvalue weighted by molar-refractivity contribution is 5.82. The van der Waals surface area contributed by atoms with Gasteiger partial charge in [-0.2, -0.15) is 5.10 Å². The van der Waals surface area contributed by atoms with E-state index >= 15 is 0 Å². The van der Waals surface area contributed by atoms with Crippen LogP contribution in [-0.4, -0.2) is 46.5 Å². The number of morpholine rings is 1. The molecule has 21 heavy (non-hydrogen) atoms. The van der Waals surface area contributed by atoms with Crippen molar-refractivity contribution in [1.29, 1.82) is 0 Å². The fourth-order valence-electron chi connectivity index (χ4n) is 2.21. The molecule has 0 aliphatic carbocycles. The molecule has 1 unspecified atom stereocenters. The lowest BCUT2D eigenvalue weighted by molar-refractivity contribution is -0.126. The molecule has 110 valence electrons. The molecule has 0 spiro atoms. The van der Waals surface area contributed by atoms with E-state index in [1.807, 2.05) is 24.4 Å². The third kappa shape index (κ3) is 3.26. The second-order valence-electron chi connectivity index (χ2n) is 4.74. The number of nitrogens with zero attached hydrogens (tertiary/aromatic N) is 3. The lowest BCUT2D eigenvalue weighted by Crippen LogP contribution is -2.51. The highest BCUT2D eigenvalue weighted by Crippen LogP contribution is 2.09. The van der Waals surface area contributed by atoms with Crippen LogP contribution in [0.3, 0.4) is 0 Å². The number of carbonyl (C=O) groups excluding carboxylic acids is 1. The summed E-state index contributed by atoms with van der Waals surface area (Å²) in [5, 5.41) is 10.2. The fraction of sp³-hybridized carbons (Fsp3) is 0.357. The molecule has 1 saturated heterocycles. The molecule has 7 heteroatoms. The van der Waals surface area contributed by atoms with E-state index in [-0.39, 0.29) is 11.9 Å². The van der Waals surface area contributed by atoms with Gasteiger partial charge in [-0.1, -0.05) is 6.07 Å². The largest absolute Gasteiger partial charge is 0.378 e. The Morgan fingerprint density at radius 2 is 2.43 bits per heavy atom. The molecule has 1 aliphatic rings. The van der Waals surface area contributed by atoms with Crippen LogP contribution in [-0.2, 0) is 16.1 Å². The summed E-state index contributed by atoms with van der Waals surface area (Å²) < 4.78 is 6.97. The predicted octanol–water partition coefficient (Wildman–Crippen LogP) is -0.128. The molecule has 3 heterocycles. The zero-order valence-corrected chi connectivity index (χ0v) is 11.5. The summed E-state index contributed by atoms with van der Waals surface area (Å²) in [7, 11) is 0. The second kappa shape index (κ2) is 6.47. The molecule has 0 aromatic carbocycles. The van der Waals surface area contributed by atoms with Crippen LogP contribution in [0.4, 0.5) is 0 Å². The van der Waals surface area contributed by atoms with Crippen molar-refractivity contribution >= 4 is 5.91 Å². The third-order valence-corrected chi connectivity index (χ3v) is 3.28. The van der Waals surface area contributed by atoms with Gasteiger partial charge in [0.2, 0.25) is 5.91 Å². The van der Waals surface area contributed by atoms with E-state index in [9.17, 15) is 4.79 Å². The summed E-state index contributed by atoms with van der Waals surface area (Å²) in [5.74, 6) is 0.653. The minimum atomic E-state index is -0.288. The van der Waals surface area contributed by atoms with Crippen molar-refractivity contribution in [2.45, 2.75) is 12.6 Å². The molecule has 2 aromatic heterocycles. The lowest BCUT2D eigenvalue weighted by atomic mass is 10.2. The van der Waals surface area contributed by atoms with E-state index in [1.165, 1.54) is 0 Å². The van der Waals surface area contributed by atoms with Gasteiger partial charge in [0.05, 0.1) is 13.2 Å². The van der Waals surface area contributed by atoms with Gasteiger partial charge in [-0.3, -0.25) is 4.79 Å². The van der Waals surface area contributed by atoms with E-state index in [4.69, 9.17) is 4.74 Å². The average molecular weight is 287 g/mol. The topological polar surface area (TPSA) is 81.1 Å². The van der Waals surface area contributed by atoms with Crippen LogP contribution >= 0.6 is 0 Å². The lowest BCUT2D eigenvalue weighted by Gasteiger charge is -2.23. The summed E-state index contributed by atoms with van der Waals surface area (Å²) >= 11 is 0. The molecule has 2 aromatic rings. The van der Waals surface area contributed by atoms with Crippen molar-refractivity contribution in [2.75, 3.05) is 19.8 Å². The Bertz CT molecular complexity index is 593. The molecule has 1 atom stereocenters. The normalized spacial score (nSPS) is 18.4. The van der Waals surface area contributed by atoms with E-state index in [0.29, 0.717) is 26.3 Å². The van der Waals surface area contributed by atoms with Crippen molar-refractivity contribution < 1.29 is 9.53 Å². The maximum atomic E-state index is 12.1. The zero-order chi connectivity index (χ0) is 14.5. The summed E-state index contributed by atoms with van der Waals surface area (Å²) in [6.07, 6.45) is 5.23. The minimum Gasteiger partial charge on any atom is -0.378 e. The molecule has 1 amide bonds. The molecule has 0 radical (unpaired) electrons. The van der Waals surface area contributed by atoms with Crippen molar-refractivity contribution in [3.05, 3.63) is 42.4 Å². The molecule has 3 rings (SSSR count). The monoisotopic (exact) mass is 287 g/mol. The van der Waals surface area contributed by atoms with Crippen LogP contribution in [0.25, 0.3) is 5.82 Å². The van der Waals surface area contributed by atoms with Gasteiger partial charge >= 0.3 is 0 Å². The molecular weight excluding hydrogens is 270 g/mol. The standard InChI is InChI=1S/C14H17N5O2/c20-14(12-10-21-8-6-15-12)17-9-11-3-1-4-16-13(11)19-7-2-5-18-19/h1-5,7,12,15H,6,8-10H2,(H,17,20). The van der Waals surface area contributed by atoms with E-state index < -0.39 is 0 Å². The molecule has 1 aliphatic heterocycles. The molecule has 2 N–H and O–H groups in total. The number of nitrogens with one attached hydrogen (secondary N) is 2. The second-order valence-corrected chi connectivity index (χ2v) is 4.74. The summed E-state index contributed by atoms with van der Waals surface area (Å²) in [5.41, 5.74) is 0.909. The van der Waals surface area contributed by atoms with Crippen LogP contribution in [0.5, 0.6) is 0 Å². The predicted molar refractivity (Wildman–Crippen MR) is 75.8 cm³/mol. The first-order valence-corrected chi connectivity index (χ1v) is 6.87. The van der Waals surface area contributed by atoms with Gasteiger partial charge in [0.25, 0.3) is 0 Å². The first-order chi connectivity index (χ1) is 10.3. The van der Waals surface area contributed by atoms with Crippen molar-refractivity contribution in [2.24, 2.45) is 0 Å². The van der Waals surface area contributed by atoms with Crippen LogP contribution in [0, 0.1) is 0 Å². The number of ether oxygens (including phenoxy) is 1. The SMILES string of the molecule is O=C(NCc1cccnc1-n1cccn1)C1COCCN1. The number of hydrogen-bond donors (Lipinski definition) is 2. The number of rotatable bonds is 4. The van der Waals surface area contributed by atoms with Crippen LogP contribution in [0.15, 0.2) is 36.8 Å². The highest BCUT2D eigenvalue weighted by atomic mass is 16.5. The van der Waals surface area contributed by atoms with Crippen molar-refractivity contribution in [3.8, 4) is 5.82 Å². The number of aromatic nitrogens is 3. The number of carbonyl (C=O) groups is 1. The molecule has 7 nitrogen and oxygen atoms in total. The van der Waals surface area contributed by atoms with Crippen molar-refractivity contribution in [1.82, 2.24) is 25.4 Å². The average Bonchev–Trinajstić information content (AvgIpc) is 3.08. The Kier molecular flexibility index (Phi) is 4.23. The van der Waals surface area contributed by atoms with Gasteiger partial charge in [0.1, 0.15) is 6.04 Å². The zero-order valence-electron chi connectivity index (χ0n) is 11.5. The maximum absolute atomic E-state index is 12.1. The number of pyridine rings is 1. The van der Waals surface area contributed by atoms with Gasteiger partial charge in [0.15, 0.2) is 5.82 Å². The minimum absolute atomic E-state index is 0.0648. The van der Waals surface area contributed by atoms with Crippen LogP contribution in [0.1, 0.15) is 5.56 Å². The van der Waals surface area contributed by atoms with Crippen LogP contribution in [0.2, 0.25) is 0 Å². The Morgan fingerprint density at radius 1 is 1.48 bits per heavy atom. The van der Waals surface area contributed by atoms with Gasteiger partial charge in [0, 0.05) is 37.2 Å². The smallest absolute Gasteiger partial charge is 0.239 e. The van der Waals surface area contributed by atoms with Crippen molar-refractivity contribution in [3.63, 3.8) is 0 Å². The molecule has 1 fully saturated rings. The fourth-order valence-corrected chi connectivity index (χ4v) is 2.21.